The zero-order valence-electron chi connectivity index (χ0n) is 16.8. The largest absolute Gasteiger partial charge is 0.416 e. The molecule has 2 aliphatic heterocycles. The molecular weight excluding hydrogens is 384 g/mol. The van der Waals surface area contributed by atoms with Crippen molar-refractivity contribution in [1.29, 1.82) is 0 Å². The highest BCUT2D eigenvalue weighted by molar-refractivity contribution is 5.77. The molecule has 2 heterocycles. The molecule has 0 N–H and O–H groups in total. The van der Waals surface area contributed by atoms with Crippen molar-refractivity contribution in [2.75, 3.05) is 39.3 Å². The molecule has 0 amide bonds. The summed E-state index contributed by atoms with van der Waals surface area (Å²) in [4.78, 5) is 15.7. The van der Waals surface area contributed by atoms with Crippen LogP contribution in [0.5, 0.6) is 0 Å². The number of likely N-dealkylation sites (tertiary alicyclic amines) is 1. The van der Waals surface area contributed by atoms with E-state index in [1.165, 1.54) is 6.07 Å². The van der Waals surface area contributed by atoms with Crippen LogP contribution in [-0.4, -0.2) is 54.9 Å². The number of piperidine rings is 1. The van der Waals surface area contributed by atoms with Gasteiger partial charge in [0.1, 0.15) is 11.6 Å². The zero-order chi connectivity index (χ0) is 21.0. The smallest absolute Gasteiger partial charge is 0.299 e. The Balaban J connectivity index is 1.49. The monoisotopic (exact) mass is 412 g/mol. The second-order valence-corrected chi connectivity index (χ2v) is 8.22. The van der Waals surface area contributed by atoms with Crippen LogP contribution in [0.2, 0.25) is 0 Å². The van der Waals surface area contributed by atoms with E-state index in [9.17, 15) is 22.4 Å². The number of rotatable bonds is 6. The van der Waals surface area contributed by atoms with Gasteiger partial charge < -0.3 is 0 Å². The van der Waals surface area contributed by atoms with Crippen molar-refractivity contribution in [2.24, 2.45) is 5.92 Å². The van der Waals surface area contributed by atoms with Crippen molar-refractivity contribution in [3.8, 4) is 0 Å². The molecular formula is C22H28F4N2O. The lowest BCUT2D eigenvalue weighted by atomic mass is 9.92. The molecule has 2 aliphatic rings. The summed E-state index contributed by atoms with van der Waals surface area (Å²) in [5, 5.41) is 0. The first-order valence-corrected chi connectivity index (χ1v) is 10.2. The lowest BCUT2D eigenvalue weighted by Crippen LogP contribution is -2.38. The standard InChI is InChI=1S/C22H28F4N2O/c1-16(29)15-28-8-3-17(4-9-28)2-7-27-10-5-18(6-11-27)19-12-20(22(24,25)26)14-21(23)13-19/h5,12-14,17H,2-4,6-11,15H2,1H3. The number of benzene rings is 1. The number of carbonyl (C=O) groups excluding carboxylic acids is 1. The van der Waals surface area contributed by atoms with Gasteiger partial charge in [-0.1, -0.05) is 6.08 Å². The van der Waals surface area contributed by atoms with E-state index >= 15 is 0 Å². The Bertz CT molecular complexity index is 752. The van der Waals surface area contributed by atoms with Crippen LogP contribution in [0.3, 0.4) is 0 Å². The van der Waals surface area contributed by atoms with E-state index in [1.807, 2.05) is 6.08 Å². The third-order valence-corrected chi connectivity index (χ3v) is 5.90. The summed E-state index contributed by atoms with van der Waals surface area (Å²) >= 11 is 0. The highest BCUT2D eigenvalue weighted by Gasteiger charge is 2.31. The van der Waals surface area contributed by atoms with Crippen molar-refractivity contribution < 1.29 is 22.4 Å². The molecule has 0 unspecified atom stereocenters. The predicted octanol–water partition coefficient (Wildman–Crippen LogP) is 4.62. The number of hydrogen-bond donors (Lipinski definition) is 0. The van der Waals surface area contributed by atoms with Crippen molar-refractivity contribution in [3.05, 3.63) is 41.2 Å². The van der Waals surface area contributed by atoms with E-state index < -0.39 is 17.6 Å². The minimum Gasteiger partial charge on any atom is -0.299 e. The molecule has 0 atom stereocenters. The molecule has 0 spiro atoms. The maximum Gasteiger partial charge on any atom is 0.416 e. The number of carbonyl (C=O) groups is 1. The molecule has 0 saturated carbocycles. The normalized spacial score (nSPS) is 20.0. The van der Waals surface area contributed by atoms with Gasteiger partial charge in [0, 0.05) is 13.1 Å². The number of nitrogens with zero attached hydrogens (tertiary/aromatic N) is 2. The molecule has 160 valence electrons. The first kappa shape index (κ1) is 22.0. The van der Waals surface area contributed by atoms with E-state index in [0.717, 1.165) is 57.1 Å². The molecule has 1 fully saturated rings. The Morgan fingerprint density at radius 1 is 1.10 bits per heavy atom. The van der Waals surface area contributed by atoms with Crippen molar-refractivity contribution in [1.82, 2.24) is 9.80 Å². The molecule has 3 nitrogen and oxygen atoms in total. The zero-order valence-corrected chi connectivity index (χ0v) is 16.8. The van der Waals surface area contributed by atoms with E-state index in [0.29, 0.717) is 37.1 Å². The van der Waals surface area contributed by atoms with Gasteiger partial charge in [-0.15, -0.1) is 0 Å². The van der Waals surface area contributed by atoms with Gasteiger partial charge in [0.25, 0.3) is 0 Å². The van der Waals surface area contributed by atoms with Crippen LogP contribution in [0.1, 0.15) is 43.7 Å². The minimum absolute atomic E-state index is 0.208. The molecule has 29 heavy (non-hydrogen) atoms. The highest BCUT2D eigenvalue weighted by atomic mass is 19.4. The number of Topliss-reactive ketones (excluding diaryl/α,β-unsaturated/α-hetero) is 1. The number of alkyl halides is 3. The maximum atomic E-state index is 13.7. The van der Waals surface area contributed by atoms with Crippen molar-refractivity contribution in [2.45, 2.75) is 38.8 Å². The number of hydrogen-bond acceptors (Lipinski definition) is 3. The first-order chi connectivity index (χ1) is 13.7. The number of halogens is 4. The second kappa shape index (κ2) is 9.39. The molecule has 0 aliphatic carbocycles. The maximum absolute atomic E-state index is 13.7. The summed E-state index contributed by atoms with van der Waals surface area (Å²) in [7, 11) is 0. The van der Waals surface area contributed by atoms with E-state index in [-0.39, 0.29) is 5.78 Å². The molecule has 1 saturated heterocycles. The highest BCUT2D eigenvalue weighted by Crippen LogP contribution is 2.33. The van der Waals surface area contributed by atoms with E-state index in [2.05, 4.69) is 9.80 Å². The van der Waals surface area contributed by atoms with E-state index in [4.69, 9.17) is 0 Å². The van der Waals surface area contributed by atoms with Crippen LogP contribution in [0.4, 0.5) is 17.6 Å². The third kappa shape index (κ3) is 6.37. The summed E-state index contributed by atoms with van der Waals surface area (Å²) in [6, 6.07) is 2.77. The lowest BCUT2D eigenvalue weighted by Gasteiger charge is -2.33. The molecule has 1 aromatic rings. The molecule has 7 heteroatoms. The topological polar surface area (TPSA) is 23.6 Å². The van der Waals surface area contributed by atoms with Crippen LogP contribution in [0, 0.1) is 11.7 Å². The lowest BCUT2D eigenvalue weighted by molar-refractivity contribution is -0.137. The fourth-order valence-electron chi connectivity index (χ4n) is 4.23. The quantitative estimate of drug-likeness (QED) is 0.637. The van der Waals surface area contributed by atoms with Crippen LogP contribution in [0.25, 0.3) is 5.57 Å². The summed E-state index contributed by atoms with van der Waals surface area (Å²) in [6.07, 6.45) is 1.30. The SMILES string of the molecule is CC(=O)CN1CCC(CCN2CC=C(c3cc(F)cc(C(F)(F)F)c3)CC2)CC1. The van der Waals surface area contributed by atoms with Gasteiger partial charge in [-0.25, -0.2) is 4.39 Å². The summed E-state index contributed by atoms with van der Waals surface area (Å²) in [5.74, 6) is 0.00966. The predicted molar refractivity (Wildman–Crippen MR) is 105 cm³/mol. The van der Waals surface area contributed by atoms with Gasteiger partial charge in [0.15, 0.2) is 0 Å². The van der Waals surface area contributed by atoms with Gasteiger partial charge in [0.2, 0.25) is 0 Å². The number of ketones is 1. The summed E-state index contributed by atoms with van der Waals surface area (Å²) in [6.45, 7) is 6.51. The summed E-state index contributed by atoms with van der Waals surface area (Å²) < 4.78 is 52.4. The van der Waals surface area contributed by atoms with Gasteiger partial charge in [-0.3, -0.25) is 14.6 Å². The Morgan fingerprint density at radius 3 is 2.41 bits per heavy atom. The van der Waals surface area contributed by atoms with Crippen molar-refractivity contribution in [3.63, 3.8) is 0 Å². The Morgan fingerprint density at radius 2 is 1.83 bits per heavy atom. The van der Waals surface area contributed by atoms with E-state index in [1.54, 1.807) is 6.92 Å². The van der Waals surface area contributed by atoms with Crippen molar-refractivity contribution >= 4 is 11.4 Å². The molecule has 0 bridgehead atoms. The van der Waals surface area contributed by atoms with Crippen LogP contribution in [-0.2, 0) is 11.0 Å². The Hall–Kier alpha value is -1.73. The van der Waals surface area contributed by atoms with Crippen LogP contribution < -0.4 is 0 Å². The molecule has 0 radical (unpaired) electrons. The average Bonchev–Trinajstić information content (AvgIpc) is 2.66. The van der Waals surface area contributed by atoms with Crippen LogP contribution in [0.15, 0.2) is 24.3 Å². The van der Waals surface area contributed by atoms with Gasteiger partial charge >= 0.3 is 6.18 Å². The molecule has 3 rings (SSSR count). The minimum atomic E-state index is -4.54. The molecule has 1 aromatic carbocycles. The first-order valence-electron chi connectivity index (χ1n) is 10.2. The Labute approximate surface area is 169 Å². The average molecular weight is 412 g/mol. The van der Waals surface area contributed by atoms with Gasteiger partial charge in [0.05, 0.1) is 12.1 Å². The summed E-state index contributed by atoms with van der Waals surface area (Å²) in [5.41, 5.74) is 0.172. The second-order valence-electron chi connectivity index (χ2n) is 8.22. The van der Waals surface area contributed by atoms with Crippen LogP contribution >= 0.6 is 0 Å². The Kier molecular flexibility index (Phi) is 7.11. The third-order valence-electron chi connectivity index (χ3n) is 5.90. The molecule has 0 aromatic heterocycles. The fraction of sp³-hybridized carbons (Fsp3) is 0.591. The van der Waals surface area contributed by atoms with Gasteiger partial charge in [-0.2, -0.15) is 13.2 Å². The van der Waals surface area contributed by atoms with Gasteiger partial charge in [-0.05, 0) is 87.5 Å². The fourth-order valence-corrected chi connectivity index (χ4v) is 4.23.